The molecule has 0 amide bonds. The average Bonchev–Trinajstić information content (AvgIpc) is 2.32. The van der Waals surface area contributed by atoms with Crippen LogP contribution >= 0.6 is 0 Å². The van der Waals surface area contributed by atoms with Crippen LogP contribution in [0, 0.1) is 0 Å². The fourth-order valence-corrected chi connectivity index (χ4v) is 2.62. The molecule has 1 saturated carbocycles. The van der Waals surface area contributed by atoms with E-state index in [-0.39, 0.29) is 5.41 Å². The summed E-state index contributed by atoms with van der Waals surface area (Å²) < 4.78 is 0. The van der Waals surface area contributed by atoms with Gasteiger partial charge in [-0.25, -0.2) is 0 Å². The number of hydrogen-bond donors (Lipinski definition) is 3. The van der Waals surface area contributed by atoms with Gasteiger partial charge in [-0.1, -0.05) is 12.1 Å². The highest BCUT2D eigenvalue weighted by molar-refractivity contribution is 5.32. The van der Waals surface area contributed by atoms with Crippen molar-refractivity contribution in [1.29, 1.82) is 0 Å². The molecule has 1 aromatic carbocycles. The second-order valence-electron chi connectivity index (χ2n) is 4.87. The van der Waals surface area contributed by atoms with Crippen molar-refractivity contribution >= 4 is 0 Å². The molecule has 0 bridgehead atoms. The van der Waals surface area contributed by atoms with E-state index in [9.17, 15) is 5.11 Å². The molecule has 0 aromatic heterocycles. The van der Waals surface area contributed by atoms with Gasteiger partial charge in [0.2, 0.25) is 0 Å². The van der Waals surface area contributed by atoms with Gasteiger partial charge in [-0.2, -0.15) is 0 Å². The molecule has 3 heteroatoms. The van der Waals surface area contributed by atoms with Crippen LogP contribution in [0.1, 0.15) is 31.2 Å². The number of aromatic hydroxyl groups is 1. The van der Waals surface area contributed by atoms with Crippen LogP contribution in [0.2, 0.25) is 0 Å². The number of phenols is 1. The van der Waals surface area contributed by atoms with Crippen LogP contribution in [0.5, 0.6) is 5.75 Å². The molecule has 1 aliphatic rings. The third-order valence-electron chi connectivity index (χ3n) is 3.86. The summed E-state index contributed by atoms with van der Waals surface area (Å²) in [5, 5.41) is 9.30. The summed E-state index contributed by atoms with van der Waals surface area (Å²) in [6, 6.07) is 7.78. The van der Waals surface area contributed by atoms with Crippen molar-refractivity contribution in [3.8, 4) is 5.75 Å². The van der Waals surface area contributed by atoms with Crippen LogP contribution in [0.3, 0.4) is 0 Å². The number of phenolic OH excluding ortho intramolecular Hbond substituents is 1. The third kappa shape index (κ3) is 2.06. The van der Waals surface area contributed by atoms with Crippen molar-refractivity contribution < 1.29 is 5.11 Å². The summed E-state index contributed by atoms with van der Waals surface area (Å²) >= 11 is 0. The Balaban J connectivity index is 2.24. The molecule has 1 aromatic rings. The van der Waals surface area contributed by atoms with E-state index in [1.807, 2.05) is 12.1 Å². The summed E-state index contributed by atoms with van der Waals surface area (Å²) in [5.74, 6) is 0.309. The van der Waals surface area contributed by atoms with Gasteiger partial charge >= 0.3 is 0 Å². The molecule has 0 spiro atoms. The van der Waals surface area contributed by atoms with E-state index < -0.39 is 0 Å². The first-order valence-electron chi connectivity index (χ1n) is 5.91. The Morgan fingerprint density at radius 3 is 2.25 bits per heavy atom. The fraction of sp³-hybridized carbons (Fsp3) is 0.538. The normalized spacial score (nSPS) is 30.2. The minimum Gasteiger partial charge on any atom is -0.508 e. The lowest BCUT2D eigenvalue weighted by Crippen LogP contribution is -2.42. The lowest BCUT2D eigenvalue weighted by molar-refractivity contribution is 0.276. The molecule has 2 rings (SSSR count). The minimum absolute atomic E-state index is 0.0730. The first-order chi connectivity index (χ1) is 7.66. The molecular formula is C13H20N2O. The Labute approximate surface area is 96.5 Å². The first-order valence-corrected chi connectivity index (χ1v) is 5.91. The zero-order valence-electron chi connectivity index (χ0n) is 9.52. The van der Waals surface area contributed by atoms with Gasteiger partial charge in [-0.3, -0.25) is 0 Å². The van der Waals surface area contributed by atoms with Gasteiger partial charge in [0.1, 0.15) is 5.75 Å². The van der Waals surface area contributed by atoms with Gasteiger partial charge in [-0.15, -0.1) is 0 Å². The van der Waals surface area contributed by atoms with Gasteiger partial charge in [0.05, 0.1) is 0 Å². The predicted octanol–water partition coefficient (Wildman–Crippen LogP) is 1.49. The highest BCUT2D eigenvalue weighted by Gasteiger charge is 2.34. The second-order valence-corrected chi connectivity index (χ2v) is 4.87. The van der Waals surface area contributed by atoms with E-state index in [1.54, 1.807) is 12.1 Å². The third-order valence-corrected chi connectivity index (χ3v) is 3.86. The number of benzene rings is 1. The molecule has 1 fully saturated rings. The second kappa shape index (κ2) is 4.44. The van der Waals surface area contributed by atoms with E-state index >= 15 is 0 Å². The molecule has 3 nitrogen and oxygen atoms in total. The van der Waals surface area contributed by atoms with E-state index in [0.717, 1.165) is 25.7 Å². The largest absolute Gasteiger partial charge is 0.508 e. The zero-order valence-corrected chi connectivity index (χ0v) is 9.52. The molecule has 0 heterocycles. The standard InChI is InChI=1S/C13H20N2O/c14-9-13(7-5-11(15)6-8-13)10-1-3-12(16)4-2-10/h1-4,11,16H,5-9,14-15H2. The van der Waals surface area contributed by atoms with Crippen LogP contribution in [0.4, 0.5) is 0 Å². The number of rotatable bonds is 2. The molecule has 1 aliphatic carbocycles. The summed E-state index contributed by atoms with van der Waals surface area (Å²) in [5.41, 5.74) is 13.2. The van der Waals surface area contributed by atoms with Crippen molar-refractivity contribution in [3.63, 3.8) is 0 Å². The maximum absolute atomic E-state index is 9.30. The zero-order chi connectivity index (χ0) is 11.6. The Morgan fingerprint density at radius 1 is 1.19 bits per heavy atom. The summed E-state index contributed by atoms with van der Waals surface area (Å²) in [4.78, 5) is 0. The van der Waals surface area contributed by atoms with Crippen molar-refractivity contribution in [1.82, 2.24) is 0 Å². The SMILES string of the molecule is NCC1(c2ccc(O)cc2)CCC(N)CC1. The summed E-state index contributed by atoms with van der Waals surface area (Å²) in [7, 11) is 0. The molecule has 0 aliphatic heterocycles. The Hall–Kier alpha value is -1.06. The average molecular weight is 220 g/mol. The van der Waals surface area contributed by atoms with E-state index in [0.29, 0.717) is 18.3 Å². The van der Waals surface area contributed by atoms with Gasteiger partial charge < -0.3 is 16.6 Å². The number of nitrogens with two attached hydrogens (primary N) is 2. The van der Waals surface area contributed by atoms with Crippen LogP contribution in [-0.4, -0.2) is 17.7 Å². The summed E-state index contributed by atoms with van der Waals surface area (Å²) in [6.07, 6.45) is 4.18. The lowest BCUT2D eigenvalue weighted by Gasteiger charge is -2.39. The Kier molecular flexibility index (Phi) is 3.17. The molecule has 0 unspecified atom stereocenters. The van der Waals surface area contributed by atoms with E-state index in [1.165, 1.54) is 5.56 Å². The molecule has 0 radical (unpaired) electrons. The minimum atomic E-state index is 0.0730. The maximum Gasteiger partial charge on any atom is 0.115 e. The molecule has 88 valence electrons. The topological polar surface area (TPSA) is 72.3 Å². The quantitative estimate of drug-likeness (QED) is 0.707. The highest BCUT2D eigenvalue weighted by atomic mass is 16.3. The predicted molar refractivity (Wildman–Crippen MR) is 65.3 cm³/mol. The van der Waals surface area contributed by atoms with Crippen LogP contribution in [0.15, 0.2) is 24.3 Å². The van der Waals surface area contributed by atoms with Gasteiger partial charge in [-0.05, 0) is 43.4 Å². The fourth-order valence-electron chi connectivity index (χ4n) is 2.62. The summed E-state index contributed by atoms with van der Waals surface area (Å²) in [6.45, 7) is 0.657. The molecule has 0 atom stereocenters. The maximum atomic E-state index is 9.30. The van der Waals surface area contributed by atoms with Crippen LogP contribution < -0.4 is 11.5 Å². The lowest BCUT2D eigenvalue weighted by atomic mass is 9.68. The van der Waals surface area contributed by atoms with Crippen LogP contribution in [0.25, 0.3) is 0 Å². The van der Waals surface area contributed by atoms with Gasteiger partial charge in [0.15, 0.2) is 0 Å². The van der Waals surface area contributed by atoms with Crippen molar-refractivity contribution in [2.45, 2.75) is 37.1 Å². The van der Waals surface area contributed by atoms with E-state index in [2.05, 4.69) is 0 Å². The smallest absolute Gasteiger partial charge is 0.115 e. The molecule has 0 saturated heterocycles. The van der Waals surface area contributed by atoms with Crippen molar-refractivity contribution in [2.24, 2.45) is 11.5 Å². The monoisotopic (exact) mass is 220 g/mol. The Bertz CT molecular complexity index is 339. The van der Waals surface area contributed by atoms with Crippen molar-refractivity contribution in [2.75, 3.05) is 6.54 Å². The van der Waals surface area contributed by atoms with E-state index in [4.69, 9.17) is 11.5 Å². The Morgan fingerprint density at radius 2 is 1.75 bits per heavy atom. The van der Waals surface area contributed by atoms with Crippen molar-refractivity contribution in [3.05, 3.63) is 29.8 Å². The van der Waals surface area contributed by atoms with Crippen LogP contribution in [-0.2, 0) is 5.41 Å². The molecule has 16 heavy (non-hydrogen) atoms. The molecule has 5 N–H and O–H groups in total. The highest BCUT2D eigenvalue weighted by Crippen LogP contribution is 2.38. The van der Waals surface area contributed by atoms with Gasteiger partial charge in [0, 0.05) is 18.0 Å². The number of hydrogen-bond acceptors (Lipinski definition) is 3. The van der Waals surface area contributed by atoms with Gasteiger partial charge in [0.25, 0.3) is 0 Å². The first kappa shape index (κ1) is 11.4. The molecular weight excluding hydrogens is 200 g/mol.